The lowest BCUT2D eigenvalue weighted by molar-refractivity contribution is -0.129. The number of aryl methyl sites for hydroxylation is 2. The van der Waals surface area contributed by atoms with E-state index in [1.54, 1.807) is 0 Å². The van der Waals surface area contributed by atoms with Gasteiger partial charge in [0.25, 0.3) is 0 Å². The molecule has 4 nitrogen and oxygen atoms in total. The monoisotopic (exact) mass is 288 g/mol. The summed E-state index contributed by atoms with van der Waals surface area (Å²) in [5.74, 6) is 0.163. The van der Waals surface area contributed by atoms with Crippen LogP contribution in [0.5, 0.6) is 0 Å². The molecule has 1 heterocycles. The number of nitrogens with one attached hydrogen (secondary N) is 1. The van der Waals surface area contributed by atoms with E-state index in [-0.39, 0.29) is 23.9 Å². The smallest absolute Gasteiger partial charge is 0.225 e. The van der Waals surface area contributed by atoms with Gasteiger partial charge in [0.1, 0.15) is 0 Å². The third-order valence-electron chi connectivity index (χ3n) is 4.03. The van der Waals surface area contributed by atoms with Gasteiger partial charge in [0.05, 0.1) is 6.04 Å². The molecule has 1 unspecified atom stereocenters. The van der Waals surface area contributed by atoms with Crippen LogP contribution in [-0.2, 0) is 16.0 Å². The van der Waals surface area contributed by atoms with Gasteiger partial charge in [-0.15, -0.1) is 0 Å². The van der Waals surface area contributed by atoms with Crippen LogP contribution in [0.1, 0.15) is 37.8 Å². The Morgan fingerprint density at radius 3 is 2.71 bits per heavy atom. The molecule has 1 aliphatic rings. The largest absolute Gasteiger partial charge is 0.351 e. The van der Waals surface area contributed by atoms with Crippen LogP contribution in [0.15, 0.2) is 24.3 Å². The van der Waals surface area contributed by atoms with Gasteiger partial charge >= 0.3 is 0 Å². The highest BCUT2D eigenvalue weighted by molar-refractivity contribution is 5.82. The van der Waals surface area contributed by atoms with Crippen molar-refractivity contribution in [1.82, 2.24) is 10.2 Å². The number of hydrogen-bond donors (Lipinski definition) is 1. The van der Waals surface area contributed by atoms with Crippen LogP contribution < -0.4 is 5.32 Å². The number of benzene rings is 1. The van der Waals surface area contributed by atoms with Gasteiger partial charge in [-0.3, -0.25) is 9.59 Å². The van der Waals surface area contributed by atoms with Crippen LogP contribution in [0.3, 0.4) is 0 Å². The molecule has 0 aromatic heterocycles. The first kappa shape index (κ1) is 15.5. The van der Waals surface area contributed by atoms with Gasteiger partial charge in [0, 0.05) is 25.4 Å². The second-order valence-corrected chi connectivity index (χ2v) is 6.03. The molecule has 1 aliphatic heterocycles. The Morgan fingerprint density at radius 2 is 2.10 bits per heavy atom. The van der Waals surface area contributed by atoms with Crippen molar-refractivity contribution in [2.24, 2.45) is 0 Å². The van der Waals surface area contributed by atoms with Crippen LogP contribution in [0, 0.1) is 6.92 Å². The third-order valence-corrected chi connectivity index (χ3v) is 4.03. The number of likely N-dealkylation sites (tertiary alicyclic amines) is 1. The highest BCUT2D eigenvalue weighted by Crippen LogP contribution is 2.15. The average Bonchev–Trinajstić information content (AvgIpc) is 2.79. The van der Waals surface area contributed by atoms with Gasteiger partial charge in [-0.25, -0.2) is 0 Å². The predicted octanol–water partition coefficient (Wildman–Crippen LogP) is 2.05. The highest BCUT2D eigenvalue weighted by atomic mass is 16.2. The fourth-order valence-corrected chi connectivity index (χ4v) is 2.77. The highest BCUT2D eigenvalue weighted by Gasteiger charge is 2.31. The van der Waals surface area contributed by atoms with Crippen molar-refractivity contribution in [3.63, 3.8) is 0 Å². The zero-order valence-corrected chi connectivity index (χ0v) is 13.1. The minimum absolute atomic E-state index is 0.0293. The molecule has 1 aromatic rings. The molecular formula is C17H24N2O2. The summed E-state index contributed by atoms with van der Waals surface area (Å²) in [4.78, 5) is 25.7. The maximum atomic E-state index is 12.0. The van der Waals surface area contributed by atoms with E-state index in [0.717, 1.165) is 6.42 Å². The molecule has 0 bridgehead atoms. The molecular weight excluding hydrogens is 264 g/mol. The van der Waals surface area contributed by atoms with Gasteiger partial charge in [-0.1, -0.05) is 24.3 Å². The summed E-state index contributed by atoms with van der Waals surface area (Å²) in [6, 6.07) is 8.28. The van der Waals surface area contributed by atoms with Gasteiger partial charge in [0.15, 0.2) is 0 Å². The van der Waals surface area contributed by atoms with Crippen molar-refractivity contribution in [2.45, 2.75) is 52.1 Å². The molecule has 0 radical (unpaired) electrons. The lowest BCUT2D eigenvalue weighted by atomic mass is 10.0. The third kappa shape index (κ3) is 4.06. The Labute approximate surface area is 126 Å². The number of amides is 2. The average molecular weight is 288 g/mol. The maximum absolute atomic E-state index is 12.0. The summed E-state index contributed by atoms with van der Waals surface area (Å²) < 4.78 is 0. The Hall–Kier alpha value is -1.84. The Bertz CT molecular complexity index is 525. The minimum Gasteiger partial charge on any atom is -0.351 e. The summed E-state index contributed by atoms with van der Waals surface area (Å²) in [5.41, 5.74) is 2.42. The van der Waals surface area contributed by atoms with Crippen LogP contribution in [0.4, 0.5) is 0 Å². The molecule has 1 fully saturated rings. The maximum Gasteiger partial charge on any atom is 0.225 e. The quantitative estimate of drug-likeness (QED) is 0.901. The molecule has 1 N–H and O–H groups in total. The summed E-state index contributed by atoms with van der Waals surface area (Å²) >= 11 is 0. The van der Waals surface area contributed by atoms with Crippen LogP contribution in [-0.4, -0.2) is 35.3 Å². The zero-order chi connectivity index (χ0) is 15.4. The predicted molar refractivity (Wildman–Crippen MR) is 82.9 cm³/mol. The van der Waals surface area contributed by atoms with Gasteiger partial charge in [-0.05, 0) is 38.3 Å². The second kappa shape index (κ2) is 6.74. The van der Waals surface area contributed by atoms with Gasteiger partial charge in [0.2, 0.25) is 11.8 Å². The number of rotatable bonds is 5. The van der Waals surface area contributed by atoms with E-state index in [1.807, 2.05) is 30.9 Å². The molecule has 21 heavy (non-hydrogen) atoms. The van der Waals surface area contributed by atoms with Crippen LogP contribution in [0.2, 0.25) is 0 Å². The van der Waals surface area contributed by atoms with E-state index in [2.05, 4.69) is 24.4 Å². The van der Waals surface area contributed by atoms with Crippen molar-refractivity contribution in [3.8, 4) is 0 Å². The van der Waals surface area contributed by atoms with Crippen LogP contribution >= 0.6 is 0 Å². The first-order chi connectivity index (χ1) is 9.97. The molecule has 0 spiro atoms. The second-order valence-electron chi connectivity index (χ2n) is 6.03. The molecule has 1 saturated heterocycles. The first-order valence-electron chi connectivity index (χ1n) is 7.60. The summed E-state index contributed by atoms with van der Waals surface area (Å²) in [6.07, 6.45) is 1.64. The Kier molecular flexibility index (Phi) is 4.99. The molecule has 2 amide bonds. The van der Waals surface area contributed by atoms with Crippen molar-refractivity contribution in [2.75, 3.05) is 6.54 Å². The van der Waals surface area contributed by atoms with Crippen LogP contribution in [0.25, 0.3) is 0 Å². The standard InChI is InChI=1S/C17H24N2O2/c1-12(2)19-11-15(10-17(19)21)18-16(20)9-8-14-7-5-4-6-13(14)3/h4-7,12,15H,8-11H2,1-3H3,(H,18,20). The number of carbonyl (C=O) groups excluding carboxylic acids is 2. The normalized spacial score (nSPS) is 18.4. The lowest BCUT2D eigenvalue weighted by Gasteiger charge is -2.21. The van der Waals surface area contributed by atoms with E-state index >= 15 is 0 Å². The summed E-state index contributed by atoms with van der Waals surface area (Å²) in [6.45, 7) is 6.69. The molecule has 1 atom stereocenters. The Morgan fingerprint density at radius 1 is 1.38 bits per heavy atom. The summed E-state index contributed by atoms with van der Waals surface area (Å²) in [5, 5.41) is 2.98. The fourth-order valence-electron chi connectivity index (χ4n) is 2.77. The lowest BCUT2D eigenvalue weighted by Crippen LogP contribution is -2.38. The van der Waals surface area contributed by atoms with E-state index in [9.17, 15) is 9.59 Å². The Balaban J connectivity index is 1.81. The minimum atomic E-state index is -0.0377. The van der Waals surface area contributed by atoms with E-state index in [0.29, 0.717) is 19.4 Å². The number of carbonyl (C=O) groups is 2. The SMILES string of the molecule is Cc1ccccc1CCC(=O)NC1CC(=O)N(C(C)C)C1. The zero-order valence-electron chi connectivity index (χ0n) is 13.1. The first-order valence-corrected chi connectivity index (χ1v) is 7.60. The van der Waals surface area contributed by atoms with Crippen molar-refractivity contribution >= 4 is 11.8 Å². The molecule has 1 aromatic carbocycles. The molecule has 4 heteroatoms. The molecule has 2 rings (SSSR count). The van der Waals surface area contributed by atoms with E-state index in [4.69, 9.17) is 0 Å². The van der Waals surface area contributed by atoms with Gasteiger partial charge in [-0.2, -0.15) is 0 Å². The van der Waals surface area contributed by atoms with E-state index in [1.165, 1.54) is 11.1 Å². The number of nitrogens with zero attached hydrogens (tertiary/aromatic N) is 1. The van der Waals surface area contributed by atoms with Crippen molar-refractivity contribution < 1.29 is 9.59 Å². The summed E-state index contributed by atoms with van der Waals surface area (Å²) in [7, 11) is 0. The van der Waals surface area contributed by atoms with Crippen molar-refractivity contribution in [3.05, 3.63) is 35.4 Å². The van der Waals surface area contributed by atoms with Gasteiger partial charge < -0.3 is 10.2 Å². The van der Waals surface area contributed by atoms with E-state index < -0.39 is 0 Å². The fraction of sp³-hybridized carbons (Fsp3) is 0.529. The molecule has 114 valence electrons. The molecule has 0 aliphatic carbocycles. The topological polar surface area (TPSA) is 49.4 Å². The molecule has 0 saturated carbocycles. The number of hydrogen-bond acceptors (Lipinski definition) is 2. The van der Waals surface area contributed by atoms with Crippen molar-refractivity contribution in [1.29, 1.82) is 0 Å².